The van der Waals surface area contributed by atoms with Gasteiger partial charge < -0.3 is 13.5 Å². The van der Waals surface area contributed by atoms with E-state index in [-0.39, 0.29) is 6.16 Å². The van der Waals surface area contributed by atoms with Crippen LogP contribution in [0.3, 0.4) is 0 Å². The third kappa shape index (κ3) is 3.78. The minimum absolute atomic E-state index is 0.0858. The van der Waals surface area contributed by atoms with E-state index in [4.69, 9.17) is 13.5 Å². The van der Waals surface area contributed by atoms with Gasteiger partial charge >= 0.3 is 7.60 Å². The highest BCUT2D eigenvalue weighted by Gasteiger charge is 2.26. The zero-order valence-corrected chi connectivity index (χ0v) is 10.1. The Morgan fingerprint density at radius 1 is 1.40 bits per heavy atom. The fraction of sp³-hybridized carbons (Fsp3) is 0.667. The number of aromatic nitrogens is 1. The maximum Gasteiger partial charge on any atom is 0.339 e. The van der Waals surface area contributed by atoms with Gasteiger partial charge in [-0.2, -0.15) is 0 Å². The summed E-state index contributed by atoms with van der Waals surface area (Å²) in [6.07, 6.45) is 1.67. The third-order valence-electron chi connectivity index (χ3n) is 1.65. The summed E-state index contributed by atoms with van der Waals surface area (Å²) >= 11 is 0. The van der Waals surface area contributed by atoms with E-state index in [1.54, 1.807) is 27.0 Å². The number of nitrogens with zero attached hydrogens (tertiary/aromatic N) is 1. The Morgan fingerprint density at radius 3 is 2.40 bits per heavy atom. The van der Waals surface area contributed by atoms with E-state index in [0.29, 0.717) is 24.9 Å². The number of oxazole rings is 1. The molecule has 0 aliphatic rings. The number of aryl methyl sites for hydroxylation is 1. The van der Waals surface area contributed by atoms with Gasteiger partial charge in [0, 0.05) is 0 Å². The molecule has 0 saturated heterocycles. The van der Waals surface area contributed by atoms with Gasteiger partial charge in [0.1, 0.15) is 11.9 Å². The third-order valence-corrected chi connectivity index (χ3v) is 3.61. The average molecular weight is 233 g/mol. The van der Waals surface area contributed by atoms with Gasteiger partial charge in [-0.25, -0.2) is 4.98 Å². The van der Waals surface area contributed by atoms with Crippen LogP contribution in [0.2, 0.25) is 0 Å². The molecule has 1 rings (SSSR count). The molecule has 86 valence electrons. The van der Waals surface area contributed by atoms with Crippen molar-refractivity contribution in [1.29, 1.82) is 0 Å². The summed E-state index contributed by atoms with van der Waals surface area (Å²) < 4.78 is 27.5. The summed E-state index contributed by atoms with van der Waals surface area (Å²) in [7, 11) is -3.08. The molecule has 0 N–H and O–H groups in total. The van der Waals surface area contributed by atoms with Crippen LogP contribution < -0.4 is 0 Å². The summed E-state index contributed by atoms with van der Waals surface area (Å²) in [6.45, 7) is 6.01. The average Bonchev–Trinajstić information content (AvgIpc) is 2.51. The van der Waals surface area contributed by atoms with Crippen LogP contribution in [0.15, 0.2) is 10.6 Å². The van der Waals surface area contributed by atoms with Crippen molar-refractivity contribution in [3.05, 3.63) is 17.8 Å². The highest BCUT2D eigenvalue weighted by Crippen LogP contribution is 2.50. The van der Waals surface area contributed by atoms with Crippen molar-refractivity contribution in [2.75, 3.05) is 13.2 Å². The lowest BCUT2D eigenvalue weighted by atomic mass is 10.6. The molecule has 1 heterocycles. The summed E-state index contributed by atoms with van der Waals surface area (Å²) in [5.41, 5.74) is 0. The minimum atomic E-state index is -3.08. The molecule has 0 spiro atoms. The predicted molar refractivity (Wildman–Crippen MR) is 55.8 cm³/mol. The predicted octanol–water partition coefficient (Wildman–Crippen LogP) is 2.75. The lowest BCUT2D eigenvalue weighted by Crippen LogP contribution is -1.99. The lowest BCUT2D eigenvalue weighted by Gasteiger charge is -2.14. The highest BCUT2D eigenvalue weighted by molar-refractivity contribution is 7.52. The van der Waals surface area contributed by atoms with E-state index in [9.17, 15) is 4.57 Å². The van der Waals surface area contributed by atoms with Crippen LogP contribution in [0.4, 0.5) is 0 Å². The molecule has 0 amide bonds. The van der Waals surface area contributed by atoms with E-state index in [1.807, 2.05) is 0 Å². The Kier molecular flexibility index (Phi) is 4.51. The molecular formula is C9H16NO4P. The fourth-order valence-corrected chi connectivity index (χ4v) is 2.68. The van der Waals surface area contributed by atoms with Gasteiger partial charge in [0.15, 0.2) is 0 Å². The number of hydrogen-bond donors (Lipinski definition) is 0. The smallest absolute Gasteiger partial charge is 0.339 e. The summed E-state index contributed by atoms with van der Waals surface area (Å²) in [4.78, 5) is 3.97. The minimum Gasteiger partial charge on any atom is -0.445 e. The van der Waals surface area contributed by atoms with E-state index in [0.717, 1.165) is 0 Å². The molecule has 0 saturated carbocycles. The number of hydrogen-bond acceptors (Lipinski definition) is 5. The zero-order valence-electron chi connectivity index (χ0n) is 9.23. The molecule has 0 fully saturated rings. The van der Waals surface area contributed by atoms with Crippen LogP contribution in [0.1, 0.15) is 25.5 Å². The SMILES string of the molecule is CCOP(=O)(Cc1ncc(C)o1)OCC. The van der Waals surface area contributed by atoms with Gasteiger partial charge in [-0.3, -0.25) is 4.57 Å². The van der Waals surface area contributed by atoms with Crippen molar-refractivity contribution >= 4 is 7.60 Å². The fourth-order valence-electron chi connectivity index (χ4n) is 1.16. The van der Waals surface area contributed by atoms with Crippen LogP contribution in [-0.4, -0.2) is 18.2 Å². The summed E-state index contributed by atoms with van der Waals surface area (Å²) in [6, 6.07) is 0. The topological polar surface area (TPSA) is 61.6 Å². The van der Waals surface area contributed by atoms with Crippen LogP contribution in [-0.2, 0) is 19.8 Å². The van der Waals surface area contributed by atoms with Gasteiger partial charge in [0.2, 0.25) is 5.89 Å². The maximum absolute atomic E-state index is 12.0. The van der Waals surface area contributed by atoms with E-state index in [1.165, 1.54) is 0 Å². The van der Waals surface area contributed by atoms with Gasteiger partial charge in [0.25, 0.3) is 0 Å². The first-order valence-corrected chi connectivity index (χ1v) is 6.62. The molecular weight excluding hydrogens is 217 g/mol. The van der Waals surface area contributed by atoms with Crippen LogP contribution in [0, 0.1) is 6.92 Å². The molecule has 6 heteroatoms. The first-order valence-electron chi connectivity index (χ1n) is 4.89. The molecule has 1 aromatic heterocycles. The second kappa shape index (κ2) is 5.45. The molecule has 0 radical (unpaired) electrons. The molecule has 0 bridgehead atoms. The second-order valence-electron chi connectivity index (χ2n) is 2.97. The molecule has 0 aliphatic carbocycles. The normalized spacial score (nSPS) is 11.9. The van der Waals surface area contributed by atoms with Crippen LogP contribution in [0.5, 0.6) is 0 Å². The molecule has 1 aromatic rings. The van der Waals surface area contributed by atoms with Crippen molar-refractivity contribution < 1.29 is 18.0 Å². The van der Waals surface area contributed by atoms with E-state index < -0.39 is 7.60 Å². The Labute approximate surface area is 89.3 Å². The monoisotopic (exact) mass is 233 g/mol. The van der Waals surface area contributed by atoms with Crippen molar-refractivity contribution in [3.63, 3.8) is 0 Å². The molecule has 0 aliphatic heterocycles. The molecule has 0 atom stereocenters. The van der Waals surface area contributed by atoms with Gasteiger partial charge in [-0.1, -0.05) is 0 Å². The first kappa shape index (κ1) is 12.4. The largest absolute Gasteiger partial charge is 0.445 e. The molecule has 15 heavy (non-hydrogen) atoms. The molecule has 0 unspecified atom stereocenters. The maximum atomic E-state index is 12.0. The van der Waals surface area contributed by atoms with Crippen LogP contribution in [0.25, 0.3) is 0 Å². The van der Waals surface area contributed by atoms with Crippen molar-refractivity contribution in [1.82, 2.24) is 4.98 Å². The second-order valence-corrected chi connectivity index (χ2v) is 5.02. The Hall–Kier alpha value is -0.640. The van der Waals surface area contributed by atoms with E-state index >= 15 is 0 Å². The molecule has 5 nitrogen and oxygen atoms in total. The standard InChI is InChI=1S/C9H16NO4P/c1-4-12-15(11,13-5-2)7-9-10-6-8(3)14-9/h6H,4-5,7H2,1-3H3. The van der Waals surface area contributed by atoms with Gasteiger partial charge in [-0.15, -0.1) is 0 Å². The number of rotatable bonds is 6. The van der Waals surface area contributed by atoms with Crippen LogP contribution >= 0.6 is 7.60 Å². The summed E-state index contributed by atoms with van der Waals surface area (Å²) in [5, 5.41) is 0. The Morgan fingerprint density at radius 2 is 2.00 bits per heavy atom. The van der Waals surface area contributed by atoms with Crippen molar-refractivity contribution in [2.24, 2.45) is 0 Å². The van der Waals surface area contributed by atoms with Crippen molar-refractivity contribution in [3.8, 4) is 0 Å². The Balaban J connectivity index is 2.70. The molecule has 0 aromatic carbocycles. The van der Waals surface area contributed by atoms with E-state index in [2.05, 4.69) is 4.98 Å². The summed E-state index contributed by atoms with van der Waals surface area (Å²) in [5.74, 6) is 1.07. The van der Waals surface area contributed by atoms with Gasteiger partial charge in [-0.05, 0) is 20.8 Å². The van der Waals surface area contributed by atoms with Gasteiger partial charge in [0.05, 0.1) is 19.4 Å². The lowest BCUT2D eigenvalue weighted by molar-refractivity contribution is 0.216. The van der Waals surface area contributed by atoms with Crippen molar-refractivity contribution in [2.45, 2.75) is 26.9 Å². The quantitative estimate of drug-likeness (QED) is 0.707. The first-order chi connectivity index (χ1) is 7.09. The highest BCUT2D eigenvalue weighted by atomic mass is 31.2. The Bertz CT molecular complexity index is 340. The zero-order chi connectivity index (χ0) is 11.3.